The summed E-state index contributed by atoms with van der Waals surface area (Å²) < 4.78 is 11.5. The van der Waals surface area contributed by atoms with Crippen molar-refractivity contribution in [1.29, 1.82) is 0 Å². The van der Waals surface area contributed by atoms with Crippen molar-refractivity contribution in [2.45, 2.75) is 30.8 Å². The van der Waals surface area contributed by atoms with Gasteiger partial charge in [0.2, 0.25) is 0 Å². The maximum Gasteiger partial charge on any atom is 0.306 e. The van der Waals surface area contributed by atoms with Crippen molar-refractivity contribution >= 4 is 33.7 Å². The molecule has 1 aromatic carbocycles. The average molecular weight is 345 g/mol. The molecule has 19 heavy (non-hydrogen) atoms. The van der Waals surface area contributed by atoms with Crippen LogP contribution in [0.5, 0.6) is 5.75 Å². The summed E-state index contributed by atoms with van der Waals surface area (Å²) in [5, 5.41) is 0.239. The Kier molecular flexibility index (Phi) is 5.16. The number of rotatable bonds is 5. The lowest BCUT2D eigenvalue weighted by atomic mass is 10.1. The van der Waals surface area contributed by atoms with Gasteiger partial charge < -0.3 is 9.47 Å². The Hall–Kier alpha value is -0.680. The fraction of sp³-hybridized carbons (Fsp3) is 0.500. The van der Waals surface area contributed by atoms with Gasteiger partial charge in [-0.25, -0.2) is 0 Å². The summed E-state index contributed by atoms with van der Waals surface area (Å²) in [6, 6.07) is 4.22. The van der Waals surface area contributed by atoms with Crippen LogP contribution >= 0.6 is 27.7 Å². The predicted molar refractivity (Wildman–Crippen MR) is 80.7 cm³/mol. The fourth-order valence-electron chi connectivity index (χ4n) is 2.06. The van der Waals surface area contributed by atoms with Crippen LogP contribution in [0.2, 0.25) is 0 Å². The Morgan fingerprint density at radius 1 is 1.58 bits per heavy atom. The van der Waals surface area contributed by atoms with Gasteiger partial charge in [0.05, 0.1) is 20.1 Å². The van der Waals surface area contributed by atoms with Crippen LogP contribution < -0.4 is 4.74 Å². The first-order chi connectivity index (χ1) is 9.10. The van der Waals surface area contributed by atoms with Crippen molar-refractivity contribution in [2.75, 3.05) is 13.7 Å². The number of hydrogen-bond acceptors (Lipinski definition) is 4. The van der Waals surface area contributed by atoms with E-state index in [2.05, 4.69) is 32.8 Å². The molecule has 0 amide bonds. The summed E-state index contributed by atoms with van der Waals surface area (Å²) in [6.45, 7) is 2.81. The fourth-order valence-corrected chi connectivity index (χ4v) is 3.55. The lowest BCUT2D eigenvalue weighted by Gasteiger charge is -2.12. The molecule has 0 aliphatic carbocycles. The number of benzene rings is 1. The number of halogens is 1. The number of carbonyl (C=O) groups excluding carboxylic acids is 1. The molecule has 104 valence electrons. The van der Waals surface area contributed by atoms with Crippen LogP contribution in [0, 0.1) is 0 Å². The van der Waals surface area contributed by atoms with Crippen molar-refractivity contribution < 1.29 is 14.3 Å². The highest BCUT2D eigenvalue weighted by Crippen LogP contribution is 2.36. The third kappa shape index (κ3) is 3.89. The van der Waals surface area contributed by atoms with Gasteiger partial charge in [0.1, 0.15) is 5.75 Å². The normalized spacial score (nSPS) is 14.7. The molecule has 2 rings (SSSR count). The van der Waals surface area contributed by atoms with Crippen LogP contribution in [0.25, 0.3) is 0 Å². The number of esters is 1. The Morgan fingerprint density at radius 3 is 3.11 bits per heavy atom. The third-order valence-corrected chi connectivity index (χ3v) is 4.70. The zero-order chi connectivity index (χ0) is 13.8. The van der Waals surface area contributed by atoms with Crippen LogP contribution in [-0.2, 0) is 21.7 Å². The lowest BCUT2D eigenvalue weighted by Crippen LogP contribution is -2.08. The molecule has 0 saturated heterocycles. The molecule has 5 heteroatoms. The number of fused-ring (bicyclic) bond motifs is 1. The van der Waals surface area contributed by atoms with Crippen LogP contribution in [0.4, 0.5) is 0 Å². The molecule has 1 heterocycles. The van der Waals surface area contributed by atoms with Gasteiger partial charge in [0.15, 0.2) is 0 Å². The highest BCUT2D eigenvalue weighted by Gasteiger charge is 2.18. The molecule has 0 spiro atoms. The minimum atomic E-state index is -0.157. The highest BCUT2D eigenvalue weighted by atomic mass is 79.9. The van der Waals surface area contributed by atoms with E-state index in [1.54, 1.807) is 11.8 Å². The van der Waals surface area contributed by atoms with E-state index in [-0.39, 0.29) is 11.2 Å². The van der Waals surface area contributed by atoms with Crippen molar-refractivity contribution in [1.82, 2.24) is 0 Å². The molecule has 0 fully saturated rings. The van der Waals surface area contributed by atoms with E-state index in [4.69, 9.17) is 4.74 Å². The molecule has 1 aromatic rings. The molecule has 1 atom stereocenters. The Bertz CT molecular complexity index is 476. The smallest absolute Gasteiger partial charge is 0.306 e. The van der Waals surface area contributed by atoms with Crippen LogP contribution in [0.15, 0.2) is 16.6 Å². The molecule has 3 nitrogen and oxygen atoms in total. The quantitative estimate of drug-likeness (QED) is 0.765. The second-order valence-corrected chi connectivity index (χ2v) is 6.90. The molecule has 0 N–H and O–H groups in total. The topological polar surface area (TPSA) is 35.5 Å². The predicted octanol–water partition coefficient (Wildman–Crippen LogP) is 3.57. The summed E-state index contributed by atoms with van der Waals surface area (Å²) in [6.07, 6.45) is 1.42. The van der Waals surface area contributed by atoms with E-state index in [9.17, 15) is 4.79 Å². The molecule has 0 radical (unpaired) electrons. The van der Waals surface area contributed by atoms with Gasteiger partial charge >= 0.3 is 5.97 Å². The average Bonchev–Trinajstić information content (AvgIpc) is 2.83. The van der Waals surface area contributed by atoms with E-state index < -0.39 is 0 Å². The Balaban J connectivity index is 1.98. The maximum atomic E-state index is 11.2. The molecule has 0 aromatic heterocycles. The van der Waals surface area contributed by atoms with Gasteiger partial charge in [-0.15, -0.1) is 0 Å². The second-order valence-electron chi connectivity index (χ2n) is 4.55. The first-order valence-corrected chi connectivity index (χ1v) is 8.07. The van der Waals surface area contributed by atoms with Crippen LogP contribution in [-0.4, -0.2) is 24.9 Å². The number of methoxy groups -OCH3 is 1. The molecule has 1 aliphatic heterocycles. The van der Waals surface area contributed by atoms with Crippen molar-refractivity contribution in [3.05, 3.63) is 27.7 Å². The molecule has 1 unspecified atom stereocenters. The van der Waals surface area contributed by atoms with E-state index in [1.165, 1.54) is 18.2 Å². The molecular formula is C14H17BrO3S. The minimum absolute atomic E-state index is 0.157. The minimum Gasteiger partial charge on any atom is -0.493 e. The van der Waals surface area contributed by atoms with E-state index in [0.29, 0.717) is 6.42 Å². The molecular weight excluding hydrogens is 328 g/mol. The Labute approximate surface area is 126 Å². The molecule has 1 aliphatic rings. The van der Waals surface area contributed by atoms with Crippen LogP contribution in [0.3, 0.4) is 0 Å². The van der Waals surface area contributed by atoms with Gasteiger partial charge in [-0.2, -0.15) is 11.8 Å². The third-order valence-electron chi connectivity index (χ3n) is 3.03. The van der Waals surface area contributed by atoms with Gasteiger partial charge in [-0.05, 0) is 17.7 Å². The highest BCUT2D eigenvalue weighted by molar-refractivity contribution is 9.10. The zero-order valence-electron chi connectivity index (χ0n) is 11.1. The number of carbonyl (C=O) groups is 1. The molecule has 0 saturated carbocycles. The number of hydrogen-bond donors (Lipinski definition) is 0. The number of ether oxygens (including phenoxy) is 2. The summed E-state index contributed by atoms with van der Waals surface area (Å²) >= 11 is 5.28. The van der Waals surface area contributed by atoms with Crippen molar-refractivity contribution in [2.24, 2.45) is 0 Å². The van der Waals surface area contributed by atoms with Crippen LogP contribution in [0.1, 0.15) is 24.5 Å². The SMILES string of the molecule is COC(=O)CC(C)SCc1cc(Br)cc2c1OCC2. The first-order valence-electron chi connectivity index (χ1n) is 6.22. The van der Waals surface area contributed by atoms with Gasteiger partial charge in [-0.3, -0.25) is 4.79 Å². The summed E-state index contributed by atoms with van der Waals surface area (Å²) in [5.74, 6) is 1.72. The number of thioether (sulfide) groups is 1. The summed E-state index contributed by atoms with van der Waals surface area (Å²) in [4.78, 5) is 11.2. The summed E-state index contributed by atoms with van der Waals surface area (Å²) in [7, 11) is 1.43. The Morgan fingerprint density at radius 2 is 2.37 bits per heavy atom. The largest absolute Gasteiger partial charge is 0.493 e. The lowest BCUT2D eigenvalue weighted by molar-refractivity contribution is -0.140. The zero-order valence-corrected chi connectivity index (χ0v) is 13.5. The van der Waals surface area contributed by atoms with Gasteiger partial charge in [0.25, 0.3) is 0 Å². The summed E-state index contributed by atoms with van der Waals surface area (Å²) in [5.41, 5.74) is 2.47. The van der Waals surface area contributed by atoms with E-state index in [0.717, 1.165) is 29.0 Å². The second kappa shape index (κ2) is 6.66. The first kappa shape index (κ1) is 14.7. The standard InChI is InChI=1S/C14H17BrO3S/c1-9(5-13(16)17-2)19-8-11-7-12(15)6-10-3-4-18-14(10)11/h6-7,9H,3-5,8H2,1-2H3. The van der Waals surface area contributed by atoms with Crippen molar-refractivity contribution in [3.8, 4) is 5.75 Å². The van der Waals surface area contributed by atoms with Gasteiger partial charge in [0, 0.05) is 27.5 Å². The maximum absolute atomic E-state index is 11.2. The van der Waals surface area contributed by atoms with E-state index >= 15 is 0 Å². The van der Waals surface area contributed by atoms with Gasteiger partial charge in [-0.1, -0.05) is 22.9 Å². The monoisotopic (exact) mass is 344 g/mol. The van der Waals surface area contributed by atoms with E-state index in [1.807, 2.05) is 6.92 Å². The van der Waals surface area contributed by atoms with Crippen molar-refractivity contribution in [3.63, 3.8) is 0 Å². The molecule has 0 bridgehead atoms.